The average molecular weight is 417 g/mol. The molecule has 2 aromatic carbocycles. The number of aromatic nitrogens is 2. The molecule has 1 amide bonds. The lowest BCUT2D eigenvalue weighted by Gasteiger charge is -2.10. The summed E-state index contributed by atoms with van der Waals surface area (Å²) < 4.78 is 2.06. The molecule has 0 spiro atoms. The fourth-order valence-electron chi connectivity index (χ4n) is 2.48. The third-order valence-corrected chi connectivity index (χ3v) is 4.29. The highest BCUT2D eigenvalue weighted by atomic mass is 79.9. The van der Waals surface area contributed by atoms with Crippen LogP contribution in [0.1, 0.15) is 5.56 Å². The van der Waals surface area contributed by atoms with Crippen LogP contribution in [0.4, 0.5) is 11.4 Å². The van der Waals surface area contributed by atoms with Gasteiger partial charge in [-0.2, -0.15) is 0 Å². The van der Waals surface area contributed by atoms with Gasteiger partial charge in [0.25, 0.3) is 11.2 Å². The molecular formula is C17H13BrN4O4. The number of nitrogens with zero attached hydrogens (tertiary/aromatic N) is 3. The summed E-state index contributed by atoms with van der Waals surface area (Å²) in [7, 11) is 0. The van der Waals surface area contributed by atoms with Crippen LogP contribution in [0, 0.1) is 17.0 Å². The zero-order valence-corrected chi connectivity index (χ0v) is 15.2. The minimum absolute atomic E-state index is 0.148. The maximum Gasteiger partial charge on any atom is 0.271 e. The number of nitro groups is 1. The number of hydrogen-bond donors (Lipinski definition) is 1. The van der Waals surface area contributed by atoms with Crippen LogP contribution in [0.5, 0.6) is 0 Å². The third kappa shape index (κ3) is 3.62. The van der Waals surface area contributed by atoms with E-state index in [0.717, 1.165) is 14.6 Å². The number of anilines is 1. The molecule has 0 atom stereocenters. The van der Waals surface area contributed by atoms with Crippen LogP contribution in [0.25, 0.3) is 10.9 Å². The zero-order chi connectivity index (χ0) is 18.8. The molecule has 0 saturated heterocycles. The average Bonchev–Trinajstić information content (AvgIpc) is 2.59. The molecule has 1 aromatic heterocycles. The highest BCUT2D eigenvalue weighted by Crippen LogP contribution is 2.20. The van der Waals surface area contributed by atoms with E-state index in [4.69, 9.17) is 0 Å². The number of hydrogen-bond acceptors (Lipinski definition) is 5. The molecule has 0 radical (unpaired) electrons. The van der Waals surface area contributed by atoms with Crippen LogP contribution in [0.3, 0.4) is 0 Å². The zero-order valence-electron chi connectivity index (χ0n) is 13.6. The van der Waals surface area contributed by atoms with Crippen molar-refractivity contribution >= 4 is 44.1 Å². The molecule has 3 rings (SSSR count). The number of benzene rings is 2. The van der Waals surface area contributed by atoms with Crippen LogP contribution in [0.2, 0.25) is 0 Å². The van der Waals surface area contributed by atoms with E-state index in [9.17, 15) is 19.7 Å². The fourth-order valence-corrected chi connectivity index (χ4v) is 2.96. The second-order valence-corrected chi connectivity index (χ2v) is 6.56. The Labute approximate surface area is 155 Å². The Hall–Kier alpha value is -3.07. The molecule has 0 bridgehead atoms. The van der Waals surface area contributed by atoms with Gasteiger partial charge in [-0.3, -0.25) is 24.3 Å². The van der Waals surface area contributed by atoms with Gasteiger partial charge < -0.3 is 5.32 Å². The quantitative estimate of drug-likeness (QED) is 0.519. The smallest absolute Gasteiger partial charge is 0.271 e. The van der Waals surface area contributed by atoms with Gasteiger partial charge in [-0.15, -0.1) is 0 Å². The molecule has 132 valence electrons. The monoisotopic (exact) mass is 416 g/mol. The second kappa shape index (κ2) is 7.04. The molecule has 1 heterocycles. The Bertz CT molecular complexity index is 1090. The number of carbonyl (C=O) groups excluding carboxylic acids is 1. The highest BCUT2D eigenvalue weighted by Gasteiger charge is 2.12. The van der Waals surface area contributed by atoms with Crippen molar-refractivity contribution in [3.05, 3.63) is 73.2 Å². The number of amides is 1. The van der Waals surface area contributed by atoms with Crippen molar-refractivity contribution in [3.8, 4) is 0 Å². The number of rotatable bonds is 4. The standard InChI is InChI=1S/C17H13BrN4O4/c1-10-6-11(18)2-5-14(10)20-16(23)8-21-9-19-15-7-12(22(25)26)3-4-13(15)17(21)24/h2-7,9H,8H2,1H3,(H,20,23). The number of aryl methyl sites for hydroxylation is 1. The van der Waals surface area contributed by atoms with E-state index in [1.165, 1.54) is 24.5 Å². The van der Waals surface area contributed by atoms with E-state index in [2.05, 4.69) is 26.2 Å². The second-order valence-electron chi connectivity index (χ2n) is 5.64. The van der Waals surface area contributed by atoms with Crippen LogP contribution in [-0.2, 0) is 11.3 Å². The van der Waals surface area contributed by atoms with Crippen molar-refractivity contribution < 1.29 is 9.72 Å². The lowest BCUT2D eigenvalue weighted by molar-refractivity contribution is -0.384. The Morgan fingerprint density at radius 2 is 2.08 bits per heavy atom. The topological polar surface area (TPSA) is 107 Å². The van der Waals surface area contributed by atoms with Crippen molar-refractivity contribution in [2.24, 2.45) is 0 Å². The lowest BCUT2D eigenvalue weighted by atomic mass is 10.2. The van der Waals surface area contributed by atoms with E-state index in [-0.39, 0.29) is 29.0 Å². The number of halogens is 1. The van der Waals surface area contributed by atoms with Crippen LogP contribution < -0.4 is 10.9 Å². The molecular weight excluding hydrogens is 404 g/mol. The summed E-state index contributed by atoms with van der Waals surface area (Å²) in [5.41, 5.74) is 1.16. The minimum Gasteiger partial charge on any atom is -0.324 e. The van der Waals surface area contributed by atoms with Gasteiger partial charge in [-0.05, 0) is 36.8 Å². The van der Waals surface area contributed by atoms with E-state index in [1.54, 1.807) is 12.1 Å². The number of non-ortho nitro benzene ring substituents is 1. The molecule has 26 heavy (non-hydrogen) atoms. The normalized spacial score (nSPS) is 10.7. The van der Waals surface area contributed by atoms with Gasteiger partial charge in [0.15, 0.2) is 0 Å². The van der Waals surface area contributed by atoms with E-state index >= 15 is 0 Å². The maximum atomic E-state index is 12.5. The Morgan fingerprint density at radius 1 is 1.31 bits per heavy atom. The first-order chi connectivity index (χ1) is 12.3. The van der Waals surface area contributed by atoms with Crippen molar-refractivity contribution in [2.75, 3.05) is 5.32 Å². The minimum atomic E-state index is -0.555. The number of carbonyl (C=O) groups is 1. The summed E-state index contributed by atoms with van der Waals surface area (Å²) in [5, 5.41) is 13.8. The van der Waals surface area contributed by atoms with Gasteiger partial charge in [0.1, 0.15) is 6.54 Å². The first-order valence-electron chi connectivity index (χ1n) is 7.55. The predicted octanol–water partition coefficient (Wildman–Crippen LogP) is 3.01. The van der Waals surface area contributed by atoms with Crippen molar-refractivity contribution in [2.45, 2.75) is 13.5 Å². The van der Waals surface area contributed by atoms with Crippen LogP contribution in [-0.4, -0.2) is 20.4 Å². The van der Waals surface area contributed by atoms with Crippen molar-refractivity contribution in [3.63, 3.8) is 0 Å². The third-order valence-electron chi connectivity index (χ3n) is 3.80. The Balaban J connectivity index is 1.85. The summed E-state index contributed by atoms with van der Waals surface area (Å²) in [4.78, 5) is 39.0. The van der Waals surface area contributed by atoms with E-state index in [1.807, 2.05) is 13.0 Å². The molecule has 8 nitrogen and oxygen atoms in total. The first kappa shape index (κ1) is 17.7. The summed E-state index contributed by atoms with van der Waals surface area (Å²) >= 11 is 3.35. The molecule has 9 heteroatoms. The first-order valence-corrected chi connectivity index (χ1v) is 8.34. The number of nitro benzene ring substituents is 1. The molecule has 0 aliphatic rings. The van der Waals surface area contributed by atoms with Gasteiger partial charge in [-0.25, -0.2) is 4.98 Å². The van der Waals surface area contributed by atoms with Gasteiger partial charge in [0, 0.05) is 22.3 Å². The summed E-state index contributed by atoms with van der Waals surface area (Å²) in [6.07, 6.45) is 1.21. The molecule has 0 aliphatic heterocycles. The molecule has 0 aliphatic carbocycles. The summed E-state index contributed by atoms with van der Waals surface area (Å²) in [6, 6.07) is 9.24. The van der Waals surface area contributed by atoms with E-state index < -0.39 is 10.5 Å². The summed E-state index contributed by atoms with van der Waals surface area (Å²) in [5.74, 6) is -0.374. The maximum absolute atomic E-state index is 12.5. The summed E-state index contributed by atoms with van der Waals surface area (Å²) in [6.45, 7) is 1.64. The Morgan fingerprint density at radius 3 is 2.77 bits per heavy atom. The van der Waals surface area contributed by atoms with Gasteiger partial charge in [0.05, 0.1) is 22.2 Å². The number of fused-ring (bicyclic) bond motifs is 1. The van der Waals surface area contributed by atoms with Crippen LogP contribution >= 0.6 is 15.9 Å². The van der Waals surface area contributed by atoms with Crippen LogP contribution in [0.15, 0.2) is 52.0 Å². The van der Waals surface area contributed by atoms with Gasteiger partial charge in [-0.1, -0.05) is 15.9 Å². The van der Waals surface area contributed by atoms with Crippen molar-refractivity contribution in [1.82, 2.24) is 9.55 Å². The molecule has 0 saturated carbocycles. The van der Waals surface area contributed by atoms with Gasteiger partial charge in [0.2, 0.25) is 5.91 Å². The SMILES string of the molecule is Cc1cc(Br)ccc1NC(=O)Cn1cnc2cc([N+](=O)[O-])ccc2c1=O. The predicted molar refractivity (Wildman–Crippen MR) is 100 cm³/mol. The highest BCUT2D eigenvalue weighted by molar-refractivity contribution is 9.10. The molecule has 0 fully saturated rings. The molecule has 0 unspecified atom stereocenters. The largest absolute Gasteiger partial charge is 0.324 e. The fraction of sp³-hybridized carbons (Fsp3) is 0.118. The number of nitrogens with one attached hydrogen (secondary N) is 1. The van der Waals surface area contributed by atoms with E-state index in [0.29, 0.717) is 5.69 Å². The molecule has 3 aromatic rings. The lowest BCUT2D eigenvalue weighted by Crippen LogP contribution is -2.28. The Kier molecular flexibility index (Phi) is 4.81. The molecule has 1 N–H and O–H groups in total. The van der Waals surface area contributed by atoms with Gasteiger partial charge >= 0.3 is 0 Å². The van der Waals surface area contributed by atoms with Crippen molar-refractivity contribution in [1.29, 1.82) is 0 Å².